The van der Waals surface area contributed by atoms with Crippen LogP contribution in [0.25, 0.3) is 10.8 Å². The van der Waals surface area contributed by atoms with Crippen LogP contribution in [0.1, 0.15) is 12.8 Å². The Balaban J connectivity index is 1.43. The highest BCUT2D eigenvalue weighted by atomic mass is 32.2. The number of nitrogens with one attached hydrogen (secondary N) is 1. The summed E-state index contributed by atoms with van der Waals surface area (Å²) < 4.78 is 54.0. The molecule has 8 heteroatoms. The van der Waals surface area contributed by atoms with Crippen LogP contribution in [0.4, 0.5) is 14.5 Å². The van der Waals surface area contributed by atoms with Crippen molar-refractivity contribution in [3.63, 3.8) is 0 Å². The maximum Gasteiger partial charge on any atom is 0.243 e. The lowest BCUT2D eigenvalue weighted by Gasteiger charge is -2.30. The molecule has 0 unspecified atom stereocenters. The van der Waals surface area contributed by atoms with E-state index in [4.69, 9.17) is 0 Å². The summed E-state index contributed by atoms with van der Waals surface area (Å²) in [5, 5.41) is 4.31. The number of carbonyl (C=O) groups is 1. The van der Waals surface area contributed by atoms with Gasteiger partial charge in [0, 0.05) is 30.8 Å². The van der Waals surface area contributed by atoms with E-state index in [1.54, 1.807) is 18.2 Å². The van der Waals surface area contributed by atoms with Crippen LogP contribution in [-0.4, -0.2) is 31.7 Å². The van der Waals surface area contributed by atoms with Crippen LogP contribution in [0.5, 0.6) is 0 Å². The molecule has 1 saturated heterocycles. The number of piperidine rings is 1. The minimum absolute atomic E-state index is 0.0451. The van der Waals surface area contributed by atoms with Gasteiger partial charge in [-0.2, -0.15) is 4.31 Å². The molecule has 156 valence electrons. The fraction of sp³-hybridized carbons (Fsp3) is 0.227. The van der Waals surface area contributed by atoms with Gasteiger partial charge in [0.1, 0.15) is 11.6 Å². The van der Waals surface area contributed by atoms with Gasteiger partial charge in [-0.25, -0.2) is 17.2 Å². The van der Waals surface area contributed by atoms with Crippen molar-refractivity contribution in [1.29, 1.82) is 0 Å². The molecular formula is C22H20F2N2O3S. The molecule has 4 rings (SSSR count). The standard InChI is InChI=1S/C22H20F2N2O3S/c23-18-12-19(24)14-20(13-18)25-22(27)16-7-9-26(10-8-16)30(28,29)21-6-5-15-3-1-2-4-17(15)11-21/h1-6,11-14,16H,7-10H2,(H,25,27). The molecule has 3 aromatic rings. The first-order valence-corrected chi connectivity index (χ1v) is 11.0. The Morgan fingerprint density at radius 2 is 1.53 bits per heavy atom. The minimum atomic E-state index is -3.67. The molecule has 0 radical (unpaired) electrons. The van der Waals surface area contributed by atoms with Crippen molar-refractivity contribution in [3.8, 4) is 0 Å². The van der Waals surface area contributed by atoms with Gasteiger partial charge in [0.25, 0.3) is 0 Å². The zero-order chi connectivity index (χ0) is 21.3. The van der Waals surface area contributed by atoms with Crippen molar-refractivity contribution in [2.24, 2.45) is 5.92 Å². The SMILES string of the molecule is O=C(Nc1cc(F)cc(F)c1)C1CCN(S(=O)(=O)c2ccc3ccccc3c2)CC1. The summed E-state index contributed by atoms with van der Waals surface area (Å²) in [6.07, 6.45) is 0.660. The highest BCUT2D eigenvalue weighted by Gasteiger charge is 2.32. The molecule has 1 aliphatic heterocycles. The van der Waals surface area contributed by atoms with Crippen molar-refractivity contribution >= 4 is 32.4 Å². The van der Waals surface area contributed by atoms with Crippen molar-refractivity contribution in [1.82, 2.24) is 4.31 Å². The zero-order valence-corrected chi connectivity index (χ0v) is 16.8. The van der Waals surface area contributed by atoms with Crippen LogP contribution in [0.3, 0.4) is 0 Å². The summed E-state index contributed by atoms with van der Waals surface area (Å²) in [5.41, 5.74) is 0.0451. The Kier molecular flexibility index (Phi) is 5.53. The Morgan fingerprint density at radius 1 is 0.900 bits per heavy atom. The third-order valence-corrected chi connectivity index (χ3v) is 7.21. The van der Waals surface area contributed by atoms with Gasteiger partial charge in [-0.05, 0) is 47.9 Å². The first kappa shape index (κ1) is 20.4. The molecule has 0 spiro atoms. The first-order valence-electron chi connectivity index (χ1n) is 9.59. The Labute approximate surface area is 173 Å². The molecule has 1 aliphatic rings. The van der Waals surface area contributed by atoms with Crippen molar-refractivity contribution in [3.05, 3.63) is 72.3 Å². The maximum absolute atomic E-state index is 13.3. The predicted molar refractivity (Wildman–Crippen MR) is 110 cm³/mol. The van der Waals surface area contributed by atoms with Gasteiger partial charge in [-0.15, -0.1) is 0 Å². The van der Waals surface area contributed by atoms with E-state index >= 15 is 0 Å². The third-order valence-electron chi connectivity index (χ3n) is 5.31. The van der Waals surface area contributed by atoms with Crippen molar-refractivity contribution in [2.45, 2.75) is 17.7 Å². The third kappa shape index (κ3) is 4.20. The lowest BCUT2D eigenvalue weighted by Crippen LogP contribution is -2.41. The number of hydrogen-bond donors (Lipinski definition) is 1. The van der Waals surface area contributed by atoms with Crippen LogP contribution in [-0.2, 0) is 14.8 Å². The predicted octanol–water partition coefficient (Wildman–Crippen LogP) is 4.16. The molecule has 1 N–H and O–H groups in total. The number of anilines is 1. The summed E-state index contributed by atoms with van der Waals surface area (Å²) in [6, 6.07) is 15.4. The van der Waals surface area contributed by atoms with E-state index in [1.807, 2.05) is 24.3 Å². The van der Waals surface area contributed by atoms with Crippen LogP contribution < -0.4 is 5.32 Å². The number of halogens is 2. The summed E-state index contributed by atoms with van der Waals surface area (Å²) in [6.45, 7) is 0.398. The summed E-state index contributed by atoms with van der Waals surface area (Å²) in [4.78, 5) is 12.7. The molecule has 0 saturated carbocycles. The van der Waals surface area contributed by atoms with Crippen LogP contribution in [0.2, 0.25) is 0 Å². The second kappa shape index (κ2) is 8.12. The molecule has 30 heavy (non-hydrogen) atoms. The highest BCUT2D eigenvalue weighted by molar-refractivity contribution is 7.89. The van der Waals surface area contributed by atoms with E-state index in [1.165, 1.54) is 4.31 Å². The average molecular weight is 430 g/mol. The van der Waals surface area contributed by atoms with E-state index in [0.29, 0.717) is 12.8 Å². The second-order valence-corrected chi connectivity index (χ2v) is 9.27. The summed E-state index contributed by atoms with van der Waals surface area (Å²) in [5.74, 6) is -2.36. The Bertz CT molecular complexity index is 1190. The summed E-state index contributed by atoms with van der Waals surface area (Å²) >= 11 is 0. The quantitative estimate of drug-likeness (QED) is 0.676. The van der Waals surface area contributed by atoms with Crippen LogP contribution >= 0.6 is 0 Å². The second-order valence-electron chi connectivity index (χ2n) is 7.33. The number of nitrogens with zero attached hydrogens (tertiary/aromatic N) is 1. The van der Waals surface area contributed by atoms with E-state index in [2.05, 4.69) is 5.32 Å². The minimum Gasteiger partial charge on any atom is -0.326 e. The molecule has 1 amide bonds. The zero-order valence-electron chi connectivity index (χ0n) is 16.0. The van der Waals surface area contributed by atoms with Gasteiger partial charge in [-0.3, -0.25) is 4.79 Å². The Hall–Kier alpha value is -2.84. The molecule has 0 aliphatic carbocycles. The largest absolute Gasteiger partial charge is 0.326 e. The fourth-order valence-corrected chi connectivity index (χ4v) is 5.21. The van der Waals surface area contributed by atoms with Gasteiger partial charge < -0.3 is 5.32 Å². The number of fused-ring (bicyclic) bond motifs is 1. The first-order chi connectivity index (χ1) is 14.3. The van der Waals surface area contributed by atoms with E-state index in [-0.39, 0.29) is 29.6 Å². The van der Waals surface area contributed by atoms with E-state index in [9.17, 15) is 22.0 Å². The highest BCUT2D eigenvalue weighted by Crippen LogP contribution is 2.27. The van der Waals surface area contributed by atoms with Gasteiger partial charge in [0.2, 0.25) is 15.9 Å². The van der Waals surface area contributed by atoms with Gasteiger partial charge in [0.05, 0.1) is 4.90 Å². The van der Waals surface area contributed by atoms with E-state index < -0.39 is 27.6 Å². The maximum atomic E-state index is 13.3. The average Bonchev–Trinajstić information content (AvgIpc) is 2.72. The number of amides is 1. The van der Waals surface area contributed by atoms with Gasteiger partial charge >= 0.3 is 0 Å². The monoisotopic (exact) mass is 430 g/mol. The smallest absolute Gasteiger partial charge is 0.243 e. The molecule has 0 aromatic heterocycles. The van der Waals surface area contributed by atoms with Gasteiger partial charge in [-0.1, -0.05) is 30.3 Å². The summed E-state index contributed by atoms with van der Waals surface area (Å²) in [7, 11) is -3.67. The molecule has 3 aromatic carbocycles. The molecular weight excluding hydrogens is 410 g/mol. The van der Waals surface area contributed by atoms with Crippen molar-refractivity contribution in [2.75, 3.05) is 18.4 Å². The number of rotatable bonds is 4. The van der Waals surface area contributed by atoms with Crippen LogP contribution in [0.15, 0.2) is 65.6 Å². The van der Waals surface area contributed by atoms with Crippen LogP contribution in [0, 0.1) is 17.6 Å². The molecule has 1 heterocycles. The fourth-order valence-electron chi connectivity index (χ4n) is 3.71. The van der Waals surface area contributed by atoms with Crippen molar-refractivity contribution < 1.29 is 22.0 Å². The normalized spacial score (nSPS) is 15.9. The number of sulfonamides is 1. The molecule has 5 nitrogen and oxygen atoms in total. The number of hydrogen-bond acceptors (Lipinski definition) is 3. The number of benzene rings is 3. The molecule has 1 fully saturated rings. The van der Waals surface area contributed by atoms with Gasteiger partial charge in [0.15, 0.2) is 0 Å². The molecule has 0 bridgehead atoms. The Morgan fingerprint density at radius 3 is 2.20 bits per heavy atom. The lowest BCUT2D eigenvalue weighted by atomic mass is 9.97. The molecule has 0 atom stereocenters. The lowest BCUT2D eigenvalue weighted by molar-refractivity contribution is -0.120. The van der Waals surface area contributed by atoms with E-state index in [0.717, 1.165) is 29.0 Å². The topological polar surface area (TPSA) is 66.5 Å². The number of carbonyl (C=O) groups excluding carboxylic acids is 1.